The summed E-state index contributed by atoms with van der Waals surface area (Å²) in [6.07, 6.45) is 4.73. The monoisotopic (exact) mass is 480 g/mol. The third-order valence-electron chi connectivity index (χ3n) is 6.18. The van der Waals surface area contributed by atoms with E-state index in [9.17, 15) is 9.65 Å². The first-order chi connectivity index (χ1) is 15.7. The van der Waals surface area contributed by atoms with Gasteiger partial charge in [-0.25, -0.2) is 9.38 Å². The minimum absolute atomic E-state index is 0.246. The first kappa shape index (κ1) is 23.5. The maximum Gasteiger partial charge on any atom is 0.134 e. The third-order valence-corrected chi connectivity index (χ3v) is 7.58. The SMILES string of the molecule is CC(C)(C)[C@H]1CCc2c(sc(N=Cc3cc(Cl)ccc3OCc3ccc(F)cc3)c2C#N)C1. The molecule has 0 aliphatic heterocycles. The van der Waals surface area contributed by atoms with Crippen molar-refractivity contribution >= 4 is 34.2 Å². The van der Waals surface area contributed by atoms with Gasteiger partial charge in [0.05, 0.1) is 5.56 Å². The summed E-state index contributed by atoms with van der Waals surface area (Å²) in [6, 6.07) is 13.9. The minimum Gasteiger partial charge on any atom is -0.488 e. The van der Waals surface area contributed by atoms with Crippen LogP contribution in [0.4, 0.5) is 9.39 Å². The van der Waals surface area contributed by atoms with E-state index >= 15 is 0 Å². The van der Waals surface area contributed by atoms with Crippen molar-refractivity contribution in [3.8, 4) is 11.8 Å². The van der Waals surface area contributed by atoms with Gasteiger partial charge in [0.2, 0.25) is 0 Å². The van der Waals surface area contributed by atoms with Crippen LogP contribution < -0.4 is 4.74 Å². The molecular weight excluding hydrogens is 455 g/mol. The summed E-state index contributed by atoms with van der Waals surface area (Å²) in [6.45, 7) is 7.15. The fraction of sp³-hybridized carbons (Fsp3) is 0.333. The molecule has 0 saturated carbocycles. The van der Waals surface area contributed by atoms with Gasteiger partial charge in [-0.15, -0.1) is 11.3 Å². The number of fused-ring (bicyclic) bond motifs is 1. The van der Waals surface area contributed by atoms with Crippen LogP contribution in [-0.2, 0) is 19.4 Å². The van der Waals surface area contributed by atoms with Gasteiger partial charge in [-0.2, -0.15) is 5.26 Å². The maximum absolute atomic E-state index is 13.2. The number of aliphatic imine (C=N–C) groups is 1. The van der Waals surface area contributed by atoms with Crippen LogP contribution in [0.3, 0.4) is 0 Å². The summed E-state index contributed by atoms with van der Waals surface area (Å²) in [4.78, 5) is 5.97. The van der Waals surface area contributed by atoms with Crippen molar-refractivity contribution in [1.82, 2.24) is 0 Å². The molecule has 0 bridgehead atoms. The zero-order valence-corrected chi connectivity index (χ0v) is 20.6. The second-order valence-electron chi connectivity index (χ2n) is 9.46. The Bertz CT molecular complexity index is 1220. The molecule has 1 aromatic heterocycles. The Labute approximate surface area is 203 Å². The number of nitrogens with zero attached hydrogens (tertiary/aromatic N) is 2. The summed E-state index contributed by atoms with van der Waals surface area (Å²) in [5.74, 6) is 0.949. The van der Waals surface area contributed by atoms with Gasteiger partial charge in [0, 0.05) is 21.7 Å². The lowest BCUT2D eigenvalue weighted by Crippen LogP contribution is -2.26. The maximum atomic E-state index is 13.2. The highest BCUT2D eigenvalue weighted by Gasteiger charge is 2.32. The van der Waals surface area contributed by atoms with Crippen molar-refractivity contribution in [2.75, 3.05) is 0 Å². The Morgan fingerprint density at radius 2 is 2.00 bits per heavy atom. The van der Waals surface area contributed by atoms with Crippen LogP contribution in [0.15, 0.2) is 47.5 Å². The van der Waals surface area contributed by atoms with Crippen molar-refractivity contribution in [2.24, 2.45) is 16.3 Å². The largest absolute Gasteiger partial charge is 0.488 e. The predicted octanol–water partition coefficient (Wildman–Crippen LogP) is 7.89. The fourth-order valence-corrected chi connectivity index (χ4v) is 5.54. The van der Waals surface area contributed by atoms with Crippen LogP contribution in [0.2, 0.25) is 5.02 Å². The molecule has 0 radical (unpaired) electrons. The van der Waals surface area contributed by atoms with E-state index in [-0.39, 0.29) is 11.2 Å². The van der Waals surface area contributed by atoms with Crippen molar-refractivity contribution in [3.05, 3.63) is 80.4 Å². The lowest BCUT2D eigenvalue weighted by atomic mass is 9.72. The number of thiophene rings is 1. The molecule has 1 aliphatic rings. The average molecular weight is 481 g/mol. The molecule has 33 heavy (non-hydrogen) atoms. The molecule has 0 unspecified atom stereocenters. The van der Waals surface area contributed by atoms with E-state index in [0.29, 0.717) is 28.9 Å². The Morgan fingerprint density at radius 3 is 2.70 bits per heavy atom. The number of hydrogen-bond donors (Lipinski definition) is 0. The van der Waals surface area contributed by atoms with Gasteiger partial charge in [-0.1, -0.05) is 44.5 Å². The van der Waals surface area contributed by atoms with E-state index in [1.807, 2.05) is 0 Å². The first-order valence-corrected chi connectivity index (χ1v) is 12.2. The van der Waals surface area contributed by atoms with Crippen LogP contribution in [0.25, 0.3) is 0 Å². The molecule has 1 atom stereocenters. The van der Waals surface area contributed by atoms with Crippen LogP contribution in [0.1, 0.15) is 54.3 Å². The van der Waals surface area contributed by atoms with Gasteiger partial charge in [-0.3, -0.25) is 0 Å². The molecule has 3 aromatic rings. The van der Waals surface area contributed by atoms with Crippen LogP contribution in [0, 0.1) is 28.5 Å². The highest BCUT2D eigenvalue weighted by Crippen LogP contribution is 2.45. The summed E-state index contributed by atoms with van der Waals surface area (Å²) in [5, 5.41) is 11.1. The van der Waals surface area contributed by atoms with Gasteiger partial charge in [-0.05, 0) is 72.1 Å². The van der Waals surface area contributed by atoms with E-state index in [1.165, 1.54) is 17.0 Å². The zero-order valence-electron chi connectivity index (χ0n) is 19.0. The standard InChI is InChI=1S/C27H26ClFN2OS/c1-27(2,3)19-6-10-22-23(14-30)26(33-25(22)13-19)31-15-18-12-20(28)7-11-24(18)32-16-17-4-8-21(29)9-5-17/h4-5,7-9,11-12,15,19H,6,10,13,16H2,1-3H3/t19-/m0/s1. The molecule has 0 saturated heterocycles. The van der Waals surface area contributed by atoms with Gasteiger partial charge >= 0.3 is 0 Å². The molecule has 1 aliphatic carbocycles. The highest BCUT2D eigenvalue weighted by atomic mass is 35.5. The molecule has 6 heteroatoms. The molecule has 0 fully saturated rings. The number of benzene rings is 2. The molecule has 2 aromatic carbocycles. The zero-order chi connectivity index (χ0) is 23.6. The Kier molecular flexibility index (Phi) is 6.88. The predicted molar refractivity (Wildman–Crippen MR) is 133 cm³/mol. The van der Waals surface area contributed by atoms with Crippen LogP contribution >= 0.6 is 22.9 Å². The second kappa shape index (κ2) is 9.67. The van der Waals surface area contributed by atoms with E-state index in [4.69, 9.17) is 21.3 Å². The summed E-state index contributed by atoms with van der Waals surface area (Å²) < 4.78 is 19.1. The average Bonchev–Trinajstić information content (AvgIpc) is 3.14. The van der Waals surface area contributed by atoms with E-state index in [2.05, 4.69) is 26.8 Å². The topological polar surface area (TPSA) is 45.4 Å². The summed E-state index contributed by atoms with van der Waals surface area (Å²) in [5.41, 5.74) is 3.69. The summed E-state index contributed by atoms with van der Waals surface area (Å²) >= 11 is 7.84. The fourth-order valence-electron chi connectivity index (χ4n) is 4.14. The van der Waals surface area contributed by atoms with Gasteiger partial charge in [0.25, 0.3) is 0 Å². The normalized spacial score (nSPS) is 15.9. The number of nitriles is 1. The van der Waals surface area contributed by atoms with E-state index < -0.39 is 0 Å². The molecule has 170 valence electrons. The minimum atomic E-state index is -0.279. The quantitative estimate of drug-likeness (QED) is 0.348. The smallest absolute Gasteiger partial charge is 0.134 e. The number of rotatable bonds is 5. The van der Waals surface area contributed by atoms with Crippen LogP contribution in [0.5, 0.6) is 5.75 Å². The van der Waals surface area contributed by atoms with Gasteiger partial charge in [0.1, 0.15) is 29.2 Å². The van der Waals surface area contributed by atoms with E-state index in [0.717, 1.165) is 41.0 Å². The molecular formula is C27H26ClFN2OS. The molecule has 0 spiro atoms. The Balaban J connectivity index is 1.58. The lowest BCUT2D eigenvalue weighted by molar-refractivity contribution is 0.218. The van der Waals surface area contributed by atoms with Crippen molar-refractivity contribution in [1.29, 1.82) is 5.26 Å². The van der Waals surface area contributed by atoms with Crippen molar-refractivity contribution < 1.29 is 9.13 Å². The Morgan fingerprint density at radius 1 is 1.24 bits per heavy atom. The van der Waals surface area contributed by atoms with Gasteiger partial charge in [0.15, 0.2) is 0 Å². The second-order valence-corrected chi connectivity index (χ2v) is 11.0. The number of halogens is 2. The molecule has 3 nitrogen and oxygen atoms in total. The third kappa shape index (κ3) is 5.46. The highest BCUT2D eigenvalue weighted by molar-refractivity contribution is 7.16. The lowest BCUT2D eigenvalue weighted by Gasteiger charge is -2.33. The molecule has 0 N–H and O–H groups in total. The van der Waals surface area contributed by atoms with Crippen molar-refractivity contribution in [3.63, 3.8) is 0 Å². The van der Waals surface area contributed by atoms with Crippen molar-refractivity contribution in [2.45, 2.75) is 46.6 Å². The number of ether oxygens (including phenoxy) is 1. The Hall–Kier alpha value is -2.68. The number of hydrogen-bond acceptors (Lipinski definition) is 4. The first-order valence-electron chi connectivity index (χ1n) is 11.0. The molecule has 0 amide bonds. The van der Waals surface area contributed by atoms with Crippen LogP contribution in [-0.4, -0.2) is 6.21 Å². The summed E-state index contributed by atoms with van der Waals surface area (Å²) in [7, 11) is 0. The van der Waals surface area contributed by atoms with E-state index in [1.54, 1.807) is 47.9 Å². The van der Waals surface area contributed by atoms with Gasteiger partial charge < -0.3 is 4.74 Å². The molecule has 1 heterocycles. The molecule has 4 rings (SSSR count).